The molecule has 0 radical (unpaired) electrons. The third kappa shape index (κ3) is 2.80. The molecular formula is C17H16N2O4. The molecule has 3 rings (SSSR count). The second kappa shape index (κ2) is 6.18. The summed E-state index contributed by atoms with van der Waals surface area (Å²) in [6, 6.07) is 13.5. The van der Waals surface area contributed by atoms with E-state index in [4.69, 9.17) is 9.47 Å². The van der Waals surface area contributed by atoms with Gasteiger partial charge in [-0.1, -0.05) is 36.4 Å². The Morgan fingerprint density at radius 1 is 1.13 bits per heavy atom. The molecule has 1 aliphatic rings. The first-order valence-corrected chi connectivity index (χ1v) is 7.20. The number of rotatable bonds is 5. The van der Waals surface area contributed by atoms with E-state index in [0.717, 1.165) is 15.8 Å². The minimum atomic E-state index is -0.704. The summed E-state index contributed by atoms with van der Waals surface area (Å²) < 4.78 is 10.7. The second-order valence-corrected chi connectivity index (χ2v) is 5.15. The van der Waals surface area contributed by atoms with Crippen LogP contribution in [0, 0.1) is 0 Å². The van der Waals surface area contributed by atoms with Crippen molar-refractivity contribution >= 4 is 28.2 Å². The first-order chi connectivity index (χ1) is 11.1. The predicted octanol–water partition coefficient (Wildman–Crippen LogP) is 1.98. The summed E-state index contributed by atoms with van der Waals surface area (Å²) in [6.45, 7) is 1.67. The summed E-state index contributed by atoms with van der Waals surface area (Å²) >= 11 is 0. The van der Waals surface area contributed by atoms with E-state index in [2.05, 4.69) is 5.10 Å². The Bertz CT molecular complexity index is 795. The highest BCUT2D eigenvalue weighted by molar-refractivity contribution is 6.67. The number of carbonyl (C=O) groups is 2. The topological polar surface area (TPSA) is 68.2 Å². The van der Waals surface area contributed by atoms with Gasteiger partial charge in [0.2, 0.25) is 0 Å². The molecule has 0 fully saturated rings. The minimum absolute atomic E-state index is 0.00204. The van der Waals surface area contributed by atoms with Crippen LogP contribution in [0.4, 0.5) is 0 Å². The first-order valence-electron chi connectivity index (χ1n) is 7.20. The first kappa shape index (κ1) is 15.2. The third-order valence-electron chi connectivity index (χ3n) is 3.57. The van der Waals surface area contributed by atoms with E-state index in [0.29, 0.717) is 5.75 Å². The van der Waals surface area contributed by atoms with Crippen LogP contribution in [0.3, 0.4) is 0 Å². The van der Waals surface area contributed by atoms with Gasteiger partial charge < -0.3 is 9.47 Å². The summed E-state index contributed by atoms with van der Waals surface area (Å²) in [6.07, 6.45) is -0.702. The molecule has 118 valence electrons. The summed E-state index contributed by atoms with van der Waals surface area (Å²) in [7, 11) is 1.44. The number of fused-ring (bicyclic) bond motifs is 1. The molecule has 0 bridgehead atoms. The van der Waals surface area contributed by atoms with Crippen LogP contribution < -0.4 is 4.74 Å². The molecule has 1 aliphatic heterocycles. The van der Waals surface area contributed by atoms with Crippen molar-refractivity contribution in [1.29, 1.82) is 0 Å². The number of benzene rings is 2. The molecule has 0 N–H and O–H groups in total. The summed E-state index contributed by atoms with van der Waals surface area (Å²) in [5.74, 6) is -0.726. The normalized spacial score (nSPS) is 15.9. The van der Waals surface area contributed by atoms with Gasteiger partial charge in [-0.25, -0.2) is 0 Å². The van der Waals surface area contributed by atoms with Crippen LogP contribution in [-0.2, 0) is 14.3 Å². The molecule has 1 atom stereocenters. The van der Waals surface area contributed by atoms with E-state index in [1.165, 1.54) is 7.11 Å². The lowest BCUT2D eigenvalue weighted by Gasteiger charge is -2.22. The molecule has 2 aromatic rings. The van der Waals surface area contributed by atoms with Crippen LogP contribution in [0.1, 0.15) is 6.92 Å². The highest BCUT2D eigenvalue weighted by Gasteiger charge is 2.37. The Morgan fingerprint density at radius 3 is 2.65 bits per heavy atom. The van der Waals surface area contributed by atoms with Crippen molar-refractivity contribution in [2.24, 2.45) is 5.10 Å². The van der Waals surface area contributed by atoms with Gasteiger partial charge >= 0.3 is 5.91 Å². The van der Waals surface area contributed by atoms with Crippen molar-refractivity contribution in [1.82, 2.24) is 5.01 Å². The average Bonchev–Trinajstić information content (AvgIpc) is 2.84. The Balaban J connectivity index is 1.85. The van der Waals surface area contributed by atoms with Crippen LogP contribution in [0.5, 0.6) is 5.75 Å². The van der Waals surface area contributed by atoms with Crippen molar-refractivity contribution in [2.45, 2.75) is 13.2 Å². The second-order valence-electron chi connectivity index (χ2n) is 5.15. The van der Waals surface area contributed by atoms with E-state index >= 15 is 0 Å². The lowest BCUT2D eigenvalue weighted by Crippen LogP contribution is -2.38. The zero-order valence-electron chi connectivity index (χ0n) is 12.9. The van der Waals surface area contributed by atoms with Gasteiger partial charge in [-0.2, -0.15) is 10.1 Å². The molecule has 0 spiro atoms. The molecule has 6 heteroatoms. The zero-order valence-corrected chi connectivity index (χ0v) is 12.9. The molecule has 0 aliphatic carbocycles. The maximum absolute atomic E-state index is 12.0. The zero-order chi connectivity index (χ0) is 16.4. The molecule has 23 heavy (non-hydrogen) atoms. The van der Waals surface area contributed by atoms with Gasteiger partial charge in [-0.15, -0.1) is 0 Å². The van der Waals surface area contributed by atoms with Gasteiger partial charge in [0.1, 0.15) is 11.5 Å². The predicted molar refractivity (Wildman–Crippen MR) is 85.2 cm³/mol. The summed E-state index contributed by atoms with van der Waals surface area (Å²) in [5, 5.41) is 7.03. The number of hydrogen-bond acceptors (Lipinski definition) is 5. The number of ether oxygens (including phenoxy) is 2. The fraction of sp³-hybridized carbons (Fsp3) is 0.235. The number of carbonyl (C=O) groups excluding carboxylic acids is 2. The lowest BCUT2D eigenvalue weighted by molar-refractivity contribution is -0.144. The Labute approximate surface area is 133 Å². The van der Waals surface area contributed by atoms with Gasteiger partial charge in [-0.3, -0.25) is 9.59 Å². The standard InChI is InChI=1S/C17H16N2O4/c1-11(19-17(21)16(20)14(18-19)10-22-2)23-15-9-5-7-12-6-3-4-8-13(12)15/h3-9,11H,10H2,1-2H3. The fourth-order valence-electron chi connectivity index (χ4n) is 2.46. The monoisotopic (exact) mass is 312 g/mol. The quantitative estimate of drug-likeness (QED) is 0.792. The molecule has 0 saturated carbocycles. The number of Topliss-reactive ketones (excluding diaryl/α,β-unsaturated/α-hetero) is 1. The molecular weight excluding hydrogens is 296 g/mol. The Morgan fingerprint density at radius 2 is 1.87 bits per heavy atom. The van der Waals surface area contributed by atoms with E-state index in [1.54, 1.807) is 6.92 Å². The molecule has 2 aromatic carbocycles. The van der Waals surface area contributed by atoms with Gasteiger partial charge in [0.15, 0.2) is 6.23 Å². The number of nitrogens with zero attached hydrogens (tertiary/aromatic N) is 2. The van der Waals surface area contributed by atoms with Crippen molar-refractivity contribution in [2.75, 3.05) is 13.7 Å². The number of methoxy groups -OCH3 is 1. The maximum atomic E-state index is 12.0. The van der Waals surface area contributed by atoms with Crippen LogP contribution in [-0.4, -0.2) is 42.4 Å². The smallest absolute Gasteiger partial charge is 0.319 e. The van der Waals surface area contributed by atoms with Gasteiger partial charge in [0.05, 0.1) is 6.61 Å². The number of amides is 1. The number of ketones is 1. The van der Waals surface area contributed by atoms with Gasteiger partial charge in [0.25, 0.3) is 5.78 Å². The molecule has 1 unspecified atom stereocenters. The molecule has 0 saturated heterocycles. The van der Waals surface area contributed by atoms with E-state index in [1.807, 2.05) is 42.5 Å². The SMILES string of the molecule is COCC1=NN(C(C)Oc2cccc3ccccc23)C(=O)C1=O. The summed E-state index contributed by atoms with van der Waals surface area (Å²) in [4.78, 5) is 23.8. The van der Waals surface area contributed by atoms with Crippen molar-refractivity contribution in [3.05, 3.63) is 42.5 Å². The number of hydrazone groups is 1. The fourth-order valence-corrected chi connectivity index (χ4v) is 2.46. The summed E-state index contributed by atoms with van der Waals surface area (Å²) in [5.41, 5.74) is 0.0888. The van der Waals surface area contributed by atoms with E-state index < -0.39 is 17.9 Å². The lowest BCUT2D eigenvalue weighted by atomic mass is 10.1. The highest BCUT2D eigenvalue weighted by atomic mass is 16.5. The minimum Gasteiger partial charge on any atom is -0.468 e. The Hall–Kier alpha value is -2.73. The van der Waals surface area contributed by atoms with Crippen LogP contribution in [0.2, 0.25) is 0 Å². The molecule has 6 nitrogen and oxygen atoms in total. The maximum Gasteiger partial charge on any atom is 0.319 e. The van der Waals surface area contributed by atoms with Crippen molar-refractivity contribution in [3.8, 4) is 5.75 Å². The number of hydrogen-bond donors (Lipinski definition) is 0. The van der Waals surface area contributed by atoms with Crippen molar-refractivity contribution in [3.63, 3.8) is 0 Å². The van der Waals surface area contributed by atoms with Crippen LogP contribution in [0.25, 0.3) is 10.8 Å². The van der Waals surface area contributed by atoms with Crippen LogP contribution >= 0.6 is 0 Å². The molecule has 1 heterocycles. The largest absolute Gasteiger partial charge is 0.468 e. The van der Waals surface area contributed by atoms with Crippen LogP contribution in [0.15, 0.2) is 47.6 Å². The molecule has 0 aromatic heterocycles. The highest BCUT2D eigenvalue weighted by Crippen LogP contribution is 2.27. The van der Waals surface area contributed by atoms with Crippen molar-refractivity contribution < 1.29 is 19.1 Å². The average molecular weight is 312 g/mol. The van der Waals surface area contributed by atoms with E-state index in [-0.39, 0.29) is 12.3 Å². The van der Waals surface area contributed by atoms with Gasteiger partial charge in [0, 0.05) is 12.5 Å². The van der Waals surface area contributed by atoms with E-state index in [9.17, 15) is 9.59 Å². The van der Waals surface area contributed by atoms with Gasteiger partial charge in [-0.05, 0) is 18.4 Å². The Kier molecular flexibility index (Phi) is 4.08. The third-order valence-corrected chi connectivity index (χ3v) is 3.57. The molecule has 1 amide bonds.